The summed E-state index contributed by atoms with van der Waals surface area (Å²) in [6.45, 7) is 0. The van der Waals surface area contributed by atoms with Gasteiger partial charge in [0, 0.05) is 10.6 Å². The van der Waals surface area contributed by atoms with Crippen molar-refractivity contribution in [1.29, 1.82) is 0 Å². The summed E-state index contributed by atoms with van der Waals surface area (Å²) in [4.78, 5) is 24.0. The molecule has 3 rings (SSSR count). The van der Waals surface area contributed by atoms with Crippen LogP contribution in [0.15, 0.2) is 78.9 Å². The highest BCUT2D eigenvalue weighted by Gasteiger charge is 2.08. The predicted molar refractivity (Wildman–Crippen MR) is 103 cm³/mol. The van der Waals surface area contributed by atoms with Crippen LogP contribution in [0.2, 0.25) is 5.02 Å². The summed E-state index contributed by atoms with van der Waals surface area (Å²) in [6, 6.07) is 24.2. The average Bonchev–Trinajstić information content (AvgIpc) is 2.68. The van der Waals surface area contributed by atoms with E-state index < -0.39 is 5.91 Å². The smallest absolute Gasteiger partial charge is 0.269 e. The summed E-state index contributed by atoms with van der Waals surface area (Å²) in [5.74, 6) is -0.686. The van der Waals surface area contributed by atoms with Crippen molar-refractivity contribution < 1.29 is 9.59 Å². The van der Waals surface area contributed by atoms with Crippen molar-refractivity contribution in [3.63, 3.8) is 0 Å². The summed E-state index contributed by atoms with van der Waals surface area (Å²) in [6.07, 6.45) is 0.177. The number of amides is 2. The number of hydrogen-bond donors (Lipinski definition) is 2. The Morgan fingerprint density at radius 3 is 2.00 bits per heavy atom. The van der Waals surface area contributed by atoms with Crippen LogP contribution in [-0.2, 0) is 11.2 Å². The molecule has 2 amide bonds. The first-order chi connectivity index (χ1) is 12.6. The second-order valence-corrected chi connectivity index (χ2v) is 6.19. The minimum Gasteiger partial charge on any atom is -0.273 e. The molecule has 3 aromatic carbocycles. The minimum absolute atomic E-state index is 0.177. The maximum absolute atomic E-state index is 12.0. The number of halogens is 1. The zero-order valence-electron chi connectivity index (χ0n) is 13.9. The van der Waals surface area contributed by atoms with Gasteiger partial charge in [0.05, 0.1) is 6.42 Å². The number of hydrazine groups is 1. The number of carbonyl (C=O) groups excluding carboxylic acids is 2. The van der Waals surface area contributed by atoms with Gasteiger partial charge in [-0.1, -0.05) is 66.2 Å². The predicted octanol–water partition coefficient (Wildman–Crippen LogP) is 4.01. The Balaban J connectivity index is 1.53. The zero-order chi connectivity index (χ0) is 18.4. The molecule has 4 nitrogen and oxygen atoms in total. The molecule has 0 radical (unpaired) electrons. The van der Waals surface area contributed by atoms with Crippen molar-refractivity contribution in [2.24, 2.45) is 0 Å². The van der Waals surface area contributed by atoms with Gasteiger partial charge >= 0.3 is 0 Å². The maximum atomic E-state index is 12.0. The molecular weight excluding hydrogens is 348 g/mol. The second kappa shape index (κ2) is 8.32. The Morgan fingerprint density at radius 1 is 0.731 bits per heavy atom. The largest absolute Gasteiger partial charge is 0.273 e. The second-order valence-electron chi connectivity index (χ2n) is 5.75. The van der Waals surface area contributed by atoms with Crippen LogP contribution < -0.4 is 10.9 Å². The number of carbonyl (C=O) groups is 2. The maximum Gasteiger partial charge on any atom is 0.269 e. The molecule has 0 heterocycles. The SMILES string of the molecule is O=C(Cc1ccc(-c2ccccc2)cc1)NNC(=O)c1ccc(Cl)cc1. The molecule has 26 heavy (non-hydrogen) atoms. The van der Waals surface area contributed by atoms with E-state index in [-0.39, 0.29) is 12.3 Å². The molecular formula is C21H17ClN2O2. The Hall–Kier alpha value is -3.11. The third kappa shape index (κ3) is 4.71. The lowest BCUT2D eigenvalue weighted by Crippen LogP contribution is -2.42. The number of nitrogens with one attached hydrogen (secondary N) is 2. The molecule has 130 valence electrons. The van der Waals surface area contributed by atoms with Gasteiger partial charge in [0.2, 0.25) is 5.91 Å². The highest BCUT2D eigenvalue weighted by Crippen LogP contribution is 2.19. The third-order valence-electron chi connectivity index (χ3n) is 3.85. The van der Waals surface area contributed by atoms with Gasteiger partial charge in [-0.25, -0.2) is 0 Å². The first-order valence-electron chi connectivity index (χ1n) is 8.11. The Bertz CT molecular complexity index is 892. The van der Waals surface area contributed by atoms with Crippen LogP contribution in [-0.4, -0.2) is 11.8 Å². The van der Waals surface area contributed by atoms with E-state index in [1.807, 2.05) is 54.6 Å². The van der Waals surface area contributed by atoms with Gasteiger partial charge < -0.3 is 0 Å². The van der Waals surface area contributed by atoms with E-state index >= 15 is 0 Å². The standard InChI is InChI=1S/C21H17ClN2O2/c22-19-12-10-18(11-13-19)21(26)24-23-20(25)14-15-6-8-17(9-7-15)16-4-2-1-3-5-16/h1-13H,14H2,(H,23,25)(H,24,26). The molecule has 0 aliphatic heterocycles. The lowest BCUT2D eigenvalue weighted by molar-refractivity contribution is -0.121. The number of rotatable bonds is 4. The topological polar surface area (TPSA) is 58.2 Å². The summed E-state index contributed by atoms with van der Waals surface area (Å²) in [5.41, 5.74) is 8.31. The molecule has 0 saturated carbocycles. The van der Waals surface area contributed by atoms with Crippen molar-refractivity contribution in [2.75, 3.05) is 0 Å². The monoisotopic (exact) mass is 364 g/mol. The van der Waals surface area contributed by atoms with Crippen molar-refractivity contribution in [3.8, 4) is 11.1 Å². The fourth-order valence-electron chi connectivity index (χ4n) is 2.48. The normalized spacial score (nSPS) is 10.2. The van der Waals surface area contributed by atoms with Gasteiger partial charge in [-0.3, -0.25) is 20.4 Å². The van der Waals surface area contributed by atoms with Crippen LogP contribution in [0.3, 0.4) is 0 Å². The molecule has 0 unspecified atom stereocenters. The molecule has 2 N–H and O–H groups in total. The summed E-state index contributed by atoms with van der Waals surface area (Å²) >= 11 is 5.78. The minimum atomic E-state index is -0.394. The first kappa shape index (κ1) is 17.7. The van der Waals surface area contributed by atoms with Crippen LogP contribution >= 0.6 is 11.6 Å². The fraction of sp³-hybridized carbons (Fsp3) is 0.0476. The van der Waals surface area contributed by atoms with Gasteiger partial charge in [0.25, 0.3) is 5.91 Å². The van der Waals surface area contributed by atoms with Crippen molar-refractivity contribution in [1.82, 2.24) is 10.9 Å². The molecule has 0 aliphatic carbocycles. The molecule has 5 heteroatoms. The fourth-order valence-corrected chi connectivity index (χ4v) is 2.60. The number of benzene rings is 3. The van der Waals surface area contributed by atoms with Crippen LogP contribution in [0.1, 0.15) is 15.9 Å². The van der Waals surface area contributed by atoms with E-state index in [9.17, 15) is 9.59 Å². The lowest BCUT2D eigenvalue weighted by atomic mass is 10.0. The van der Waals surface area contributed by atoms with Crippen LogP contribution in [0, 0.1) is 0 Å². The Kier molecular flexibility index (Phi) is 5.66. The molecule has 0 bridgehead atoms. The highest BCUT2D eigenvalue weighted by atomic mass is 35.5. The van der Waals surface area contributed by atoms with E-state index in [4.69, 9.17) is 11.6 Å². The number of hydrogen-bond acceptors (Lipinski definition) is 2. The van der Waals surface area contributed by atoms with Crippen molar-refractivity contribution >= 4 is 23.4 Å². The summed E-state index contributed by atoms with van der Waals surface area (Å²) < 4.78 is 0. The van der Waals surface area contributed by atoms with Gasteiger partial charge in [0.1, 0.15) is 0 Å². The molecule has 0 fully saturated rings. The van der Waals surface area contributed by atoms with Gasteiger partial charge in [-0.05, 0) is 41.0 Å². The van der Waals surface area contributed by atoms with E-state index in [0.29, 0.717) is 10.6 Å². The lowest BCUT2D eigenvalue weighted by Gasteiger charge is -2.08. The molecule has 0 aromatic heterocycles. The molecule has 0 spiro atoms. The van der Waals surface area contributed by atoms with Gasteiger partial charge in [0.15, 0.2) is 0 Å². The van der Waals surface area contributed by atoms with Crippen LogP contribution in [0.25, 0.3) is 11.1 Å². The molecule has 3 aromatic rings. The van der Waals surface area contributed by atoms with E-state index in [0.717, 1.165) is 16.7 Å². The van der Waals surface area contributed by atoms with Crippen molar-refractivity contribution in [3.05, 3.63) is 95.0 Å². The Labute approximate surface area is 156 Å². The summed E-state index contributed by atoms with van der Waals surface area (Å²) in [5, 5.41) is 0.546. The highest BCUT2D eigenvalue weighted by molar-refractivity contribution is 6.30. The Morgan fingerprint density at radius 2 is 1.35 bits per heavy atom. The van der Waals surface area contributed by atoms with E-state index in [1.165, 1.54) is 0 Å². The van der Waals surface area contributed by atoms with Crippen molar-refractivity contribution in [2.45, 2.75) is 6.42 Å². The van der Waals surface area contributed by atoms with E-state index in [2.05, 4.69) is 10.9 Å². The van der Waals surface area contributed by atoms with Gasteiger partial charge in [-0.2, -0.15) is 0 Å². The molecule has 0 saturated heterocycles. The van der Waals surface area contributed by atoms with Crippen LogP contribution in [0.4, 0.5) is 0 Å². The molecule has 0 aliphatic rings. The van der Waals surface area contributed by atoms with Gasteiger partial charge in [-0.15, -0.1) is 0 Å². The third-order valence-corrected chi connectivity index (χ3v) is 4.10. The average molecular weight is 365 g/mol. The quantitative estimate of drug-likeness (QED) is 0.687. The zero-order valence-corrected chi connectivity index (χ0v) is 14.7. The van der Waals surface area contributed by atoms with Crippen LogP contribution in [0.5, 0.6) is 0 Å². The first-order valence-corrected chi connectivity index (χ1v) is 8.49. The van der Waals surface area contributed by atoms with E-state index in [1.54, 1.807) is 24.3 Å². The summed E-state index contributed by atoms with van der Waals surface area (Å²) in [7, 11) is 0. The molecule has 0 atom stereocenters.